The summed E-state index contributed by atoms with van der Waals surface area (Å²) in [6.07, 6.45) is 7.11. The number of unbranched alkanes of at least 4 members (excludes halogenated alkanes) is 4. The quantitative estimate of drug-likeness (QED) is 0.530. The van der Waals surface area contributed by atoms with Gasteiger partial charge in [-0.3, -0.25) is 14.4 Å². The minimum absolute atomic E-state index is 0.00854. The Kier molecular flexibility index (Phi) is 11.3. The number of piperazine rings is 1. The summed E-state index contributed by atoms with van der Waals surface area (Å²) < 4.78 is 0. The molecule has 0 aromatic rings. The molecule has 29 heavy (non-hydrogen) atoms. The van der Waals surface area contributed by atoms with Crippen LogP contribution in [-0.2, 0) is 14.4 Å². The lowest BCUT2D eigenvalue weighted by molar-refractivity contribution is -0.145. The Labute approximate surface area is 177 Å². The molecule has 1 rings (SSSR count). The molecule has 1 aliphatic rings. The van der Waals surface area contributed by atoms with Crippen LogP contribution >= 0.6 is 0 Å². The first-order chi connectivity index (χ1) is 13.7. The van der Waals surface area contributed by atoms with Crippen LogP contribution in [0.5, 0.6) is 0 Å². The van der Waals surface area contributed by atoms with Crippen molar-refractivity contribution in [2.75, 3.05) is 19.6 Å². The highest BCUT2D eigenvalue weighted by atomic mass is 16.2. The Morgan fingerprint density at radius 3 is 2.21 bits per heavy atom. The van der Waals surface area contributed by atoms with Gasteiger partial charge in [-0.25, -0.2) is 0 Å². The molecule has 0 saturated carbocycles. The summed E-state index contributed by atoms with van der Waals surface area (Å²) in [5, 5.41) is 2.95. The maximum atomic E-state index is 13.2. The normalized spacial score (nSPS) is 19.2. The molecule has 0 aliphatic carbocycles. The maximum absolute atomic E-state index is 13.2. The van der Waals surface area contributed by atoms with Crippen LogP contribution in [0.3, 0.4) is 0 Å². The SMILES string of the molecule is CCCCCCCC(=O)N1CCN(C(=O)C(NC(=O)C(C)C)C(C)CC)CC1C. The predicted molar refractivity (Wildman–Crippen MR) is 117 cm³/mol. The Morgan fingerprint density at radius 1 is 1.00 bits per heavy atom. The zero-order chi connectivity index (χ0) is 22.0. The first-order valence-electron chi connectivity index (χ1n) is 11.6. The fourth-order valence-corrected chi connectivity index (χ4v) is 3.75. The third-order valence-corrected chi connectivity index (χ3v) is 6.05. The summed E-state index contributed by atoms with van der Waals surface area (Å²) in [5.74, 6) is 0.0106. The van der Waals surface area contributed by atoms with E-state index in [1.54, 1.807) is 0 Å². The zero-order valence-corrected chi connectivity index (χ0v) is 19.5. The number of carbonyl (C=O) groups excluding carboxylic acids is 3. The van der Waals surface area contributed by atoms with Crippen molar-refractivity contribution in [3.05, 3.63) is 0 Å². The molecular formula is C23H43N3O3. The highest BCUT2D eigenvalue weighted by molar-refractivity contribution is 5.88. The van der Waals surface area contributed by atoms with E-state index in [0.29, 0.717) is 26.1 Å². The lowest BCUT2D eigenvalue weighted by Gasteiger charge is -2.41. The molecule has 3 amide bonds. The minimum atomic E-state index is -0.497. The summed E-state index contributed by atoms with van der Waals surface area (Å²) >= 11 is 0. The van der Waals surface area contributed by atoms with Crippen molar-refractivity contribution in [2.45, 2.75) is 98.6 Å². The maximum Gasteiger partial charge on any atom is 0.245 e. The van der Waals surface area contributed by atoms with Crippen molar-refractivity contribution in [1.29, 1.82) is 0 Å². The number of carbonyl (C=O) groups is 3. The van der Waals surface area contributed by atoms with Gasteiger partial charge >= 0.3 is 0 Å². The van der Waals surface area contributed by atoms with Crippen molar-refractivity contribution in [3.63, 3.8) is 0 Å². The molecule has 1 saturated heterocycles. The lowest BCUT2D eigenvalue weighted by atomic mass is 9.96. The van der Waals surface area contributed by atoms with Crippen LogP contribution in [0.1, 0.15) is 86.5 Å². The number of nitrogens with zero attached hydrogens (tertiary/aromatic N) is 2. The third-order valence-electron chi connectivity index (χ3n) is 6.05. The number of rotatable bonds is 11. The second kappa shape index (κ2) is 12.9. The average molecular weight is 410 g/mol. The fourth-order valence-electron chi connectivity index (χ4n) is 3.75. The average Bonchev–Trinajstić information content (AvgIpc) is 2.70. The highest BCUT2D eigenvalue weighted by Gasteiger charge is 2.35. The van der Waals surface area contributed by atoms with Gasteiger partial charge in [-0.05, 0) is 19.3 Å². The van der Waals surface area contributed by atoms with Crippen LogP contribution in [0.4, 0.5) is 0 Å². The van der Waals surface area contributed by atoms with Crippen LogP contribution in [0.2, 0.25) is 0 Å². The lowest BCUT2D eigenvalue weighted by Crippen LogP contribution is -2.60. The zero-order valence-electron chi connectivity index (χ0n) is 19.5. The molecular weight excluding hydrogens is 366 g/mol. The molecule has 0 radical (unpaired) electrons. The monoisotopic (exact) mass is 409 g/mol. The minimum Gasteiger partial charge on any atom is -0.344 e. The molecule has 1 fully saturated rings. The van der Waals surface area contributed by atoms with E-state index >= 15 is 0 Å². The van der Waals surface area contributed by atoms with Crippen molar-refractivity contribution in [2.24, 2.45) is 11.8 Å². The second-order valence-electron chi connectivity index (χ2n) is 8.91. The Hall–Kier alpha value is -1.59. The molecule has 0 aromatic carbocycles. The van der Waals surface area contributed by atoms with E-state index in [2.05, 4.69) is 12.2 Å². The molecule has 6 nitrogen and oxygen atoms in total. The van der Waals surface area contributed by atoms with Crippen LogP contribution in [0.15, 0.2) is 0 Å². The summed E-state index contributed by atoms with van der Waals surface area (Å²) in [5.41, 5.74) is 0. The molecule has 0 bridgehead atoms. The van der Waals surface area contributed by atoms with Gasteiger partial charge in [-0.15, -0.1) is 0 Å². The van der Waals surface area contributed by atoms with E-state index in [-0.39, 0.29) is 35.6 Å². The van der Waals surface area contributed by atoms with E-state index in [4.69, 9.17) is 0 Å². The van der Waals surface area contributed by atoms with Gasteiger partial charge < -0.3 is 15.1 Å². The topological polar surface area (TPSA) is 69.7 Å². The van der Waals surface area contributed by atoms with Crippen LogP contribution in [0, 0.1) is 11.8 Å². The molecule has 0 spiro atoms. The van der Waals surface area contributed by atoms with Crippen molar-refractivity contribution in [3.8, 4) is 0 Å². The molecule has 168 valence electrons. The molecule has 1 aliphatic heterocycles. The van der Waals surface area contributed by atoms with Gasteiger partial charge in [-0.2, -0.15) is 0 Å². The van der Waals surface area contributed by atoms with Gasteiger partial charge in [0.05, 0.1) is 0 Å². The van der Waals surface area contributed by atoms with E-state index in [1.807, 2.05) is 44.4 Å². The Bertz CT molecular complexity index is 535. The van der Waals surface area contributed by atoms with Gasteiger partial charge in [0, 0.05) is 38.0 Å². The van der Waals surface area contributed by atoms with Crippen LogP contribution in [0.25, 0.3) is 0 Å². The van der Waals surface area contributed by atoms with Gasteiger partial charge in [0.2, 0.25) is 17.7 Å². The number of nitrogens with one attached hydrogen (secondary N) is 1. The second-order valence-corrected chi connectivity index (χ2v) is 8.91. The van der Waals surface area contributed by atoms with Crippen LogP contribution < -0.4 is 5.32 Å². The largest absolute Gasteiger partial charge is 0.344 e. The summed E-state index contributed by atoms with van der Waals surface area (Å²) in [4.78, 5) is 41.7. The first kappa shape index (κ1) is 25.4. The Balaban J connectivity index is 2.63. The van der Waals surface area contributed by atoms with Crippen LogP contribution in [-0.4, -0.2) is 59.2 Å². The molecule has 1 N–H and O–H groups in total. The molecule has 1 heterocycles. The predicted octanol–water partition coefficient (Wildman–Crippen LogP) is 3.59. The van der Waals surface area contributed by atoms with E-state index in [1.165, 1.54) is 19.3 Å². The van der Waals surface area contributed by atoms with Gasteiger partial charge in [0.1, 0.15) is 6.04 Å². The van der Waals surface area contributed by atoms with E-state index in [0.717, 1.165) is 19.3 Å². The van der Waals surface area contributed by atoms with Crippen molar-refractivity contribution >= 4 is 17.7 Å². The number of amides is 3. The van der Waals surface area contributed by atoms with Gasteiger partial charge in [0.15, 0.2) is 0 Å². The first-order valence-corrected chi connectivity index (χ1v) is 11.6. The van der Waals surface area contributed by atoms with Gasteiger partial charge in [-0.1, -0.05) is 66.7 Å². The summed E-state index contributed by atoms with van der Waals surface area (Å²) in [6.45, 7) is 13.6. The Morgan fingerprint density at radius 2 is 1.66 bits per heavy atom. The third kappa shape index (κ3) is 7.98. The van der Waals surface area contributed by atoms with Crippen molar-refractivity contribution < 1.29 is 14.4 Å². The summed E-state index contributed by atoms with van der Waals surface area (Å²) in [7, 11) is 0. The highest BCUT2D eigenvalue weighted by Crippen LogP contribution is 2.17. The fraction of sp³-hybridized carbons (Fsp3) is 0.870. The van der Waals surface area contributed by atoms with E-state index in [9.17, 15) is 14.4 Å². The standard InChI is InChI=1S/C23H43N3O3/c1-7-9-10-11-12-13-20(27)26-15-14-25(16-19(26)6)23(29)21(18(5)8-2)24-22(28)17(3)4/h17-19,21H,7-16H2,1-6H3,(H,24,28). The molecule has 3 atom stereocenters. The smallest absolute Gasteiger partial charge is 0.245 e. The van der Waals surface area contributed by atoms with E-state index < -0.39 is 6.04 Å². The number of hydrogen-bond acceptors (Lipinski definition) is 3. The molecule has 0 aromatic heterocycles. The molecule has 3 unspecified atom stereocenters. The summed E-state index contributed by atoms with van der Waals surface area (Å²) in [6, 6.07) is -0.489. The number of hydrogen-bond donors (Lipinski definition) is 1. The molecule has 6 heteroatoms. The van der Waals surface area contributed by atoms with Gasteiger partial charge in [0.25, 0.3) is 0 Å². The van der Waals surface area contributed by atoms with Crippen molar-refractivity contribution in [1.82, 2.24) is 15.1 Å².